The molecule has 0 amide bonds. The standard InChI is InChI=1S/C23H34N4O2.HI/c1-16-11-12-19(22(14-16)28-20-8-5-6-9-20)15-26-23(24-4)25-13-7-10-21-17(2)27-29-18(21)3;/h11-12,14,20H,5-10,13,15H2,1-4H3,(H2,24,25,26);1H. The van der Waals surface area contributed by atoms with Gasteiger partial charge in [0.2, 0.25) is 0 Å². The molecule has 0 atom stereocenters. The van der Waals surface area contributed by atoms with Crippen molar-refractivity contribution in [2.45, 2.75) is 71.9 Å². The molecule has 0 saturated heterocycles. The molecule has 2 N–H and O–H groups in total. The number of aliphatic imine (C=N–C) groups is 1. The highest BCUT2D eigenvalue weighted by Gasteiger charge is 2.18. The van der Waals surface area contributed by atoms with Gasteiger partial charge in [0.05, 0.1) is 11.8 Å². The highest BCUT2D eigenvalue weighted by atomic mass is 127. The van der Waals surface area contributed by atoms with E-state index < -0.39 is 0 Å². The maximum atomic E-state index is 6.30. The topological polar surface area (TPSA) is 71.7 Å². The summed E-state index contributed by atoms with van der Waals surface area (Å²) < 4.78 is 11.5. The van der Waals surface area contributed by atoms with Crippen molar-refractivity contribution in [3.8, 4) is 5.75 Å². The third kappa shape index (κ3) is 6.89. The molecular weight excluding hydrogens is 491 g/mol. The summed E-state index contributed by atoms with van der Waals surface area (Å²) in [7, 11) is 1.80. The summed E-state index contributed by atoms with van der Waals surface area (Å²) in [4.78, 5) is 4.35. The number of guanidine groups is 1. The van der Waals surface area contributed by atoms with Crippen LogP contribution < -0.4 is 15.4 Å². The third-order valence-corrected chi connectivity index (χ3v) is 5.57. The smallest absolute Gasteiger partial charge is 0.191 e. The van der Waals surface area contributed by atoms with E-state index in [9.17, 15) is 0 Å². The van der Waals surface area contributed by atoms with E-state index in [1.54, 1.807) is 7.05 Å². The monoisotopic (exact) mass is 526 g/mol. The average Bonchev–Trinajstić information content (AvgIpc) is 3.33. The van der Waals surface area contributed by atoms with Crippen LogP contribution in [0.3, 0.4) is 0 Å². The molecule has 1 aromatic carbocycles. The van der Waals surface area contributed by atoms with E-state index in [0.717, 1.165) is 55.4 Å². The van der Waals surface area contributed by atoms with Gasteiger partial charge in [0.25, 0.3) is 0 Å². The SMILES string of the molecule is CN=C(NCCCc1c(C)noc1C)NCc1ccc(C)cc1OC1CCCC1.I. The molecule has 1 saturated carbocycles. The summed E-state index contributed by atoms with van der Waals surface area (Å²) >= 11 is 0. The van der Waals surface area contributed by atoms with Gasteiger partial charge < -0.3 is 19.9 Å². The first-order valence-electron chi connectivity index (χ1n) is 10.7. The van der Waals surface area contributed by atoms with E-state index in [1.807, 2.05) is 13.8 Å². The second-order valence-corrected chi connectivity index (χ2v) is 7.89. The van der Waals surface area contributed by atoms with Crippen molar-refractivity contribution in [2.24, 2.45) is 4.99 Å². The van der Waals surface area contributed by atoms with Gasteiger partial charge >= 0.3 is 0 Å². The summed E-state index contributed by atoms with van der Waals surface area (Å²) in [6, 6.07) is 6.44. The first-order valence-corrected chi connectivity index (χ1v) is 10.7. The summed E-state index contributed by atoms with van der Waals surface area (Å²) in [6.07, 6.45) is 7.16. The summed E-state index contributed by atoms with van der Waals surface area (Å²) in [5.41, 5.74) is 4.59. The second kappa shape index (κ2) is 12.2. The molecule has 1 fully saturated rings. The maximum absolute atomic E-state index is 6.30. The Morgan fingerprint density at radius 3 is 2.63 bits per heavy atom. The van der Waals surface area contributed by atoms with Crippen molar-refractivity contribution in [3.05, 3.63) is 46.3 Å². The summed E-state index contributed by atoms with van der Waals surface area (Å²) in [6.45, 7) is 7.59. The molecule has 0 radical (unpaired) electrons. The van der Waals surface area contributed by atoms with Crippen molar-refractivity contribution < 1.29 is 9.26 Å². The number of aromatic nitrogens is 1. The number of hydrogen-bond donors (Lipinski definition) is 2. The van der Waals surface area contributed by atoms with Gasteiger partial charge in [-0.3, -0.25) is 4.99 Å². The third-order valence-electron chi connectivity index (χ3n) is 5.57. The Morgan fingerprint density at radius 1 is 1.20 bits per heavy atom. The van der Waals surface area contributed by atoms with Gasteiger partial charge in [0.15, 0.2) is 5.96 Å². The molecule has 6 nitrogen and oxygen atoms in total. The van der Waals surface area contributed by atoms with Crippen LogP contribution in [-0.2, 0) is 13.0 Å². The van der Waals surface area contributed by atoms with Crippen LogP contribution in [0.4, 0.5) is 0 Å². The van der Waals surface area contributed by atoms with Gasteiger partial charge in [-0.25, -0.2) is 0 Å². The van der Waals surface area contributed by atoms with E-state index in [1.165, 1.54) is 29.5 Å². The average molecular weight is 526 g/mol. The van der Waals surface area contributed by atoms with Gasteiger partial charge in [-0.2, -0.15) is 0 Å². The van der Waals surface area contributed by atoms with Crippen LogP contribution >= 0.6 is 24.0 Å². The molecule has 1 aliphatic rings. The molecule has 0 bridgehead atoms. The minimum Gasteiger partial charge on any atom is -0.490 e. The molecule has 1 heterocycles. The zero-order chi connectivity index (χ0) is 20.6. The Balaban J connectivity index is 0.00000320. The largest absolute Gasteiger partial charge is 0.490 e. The Labute approximate surface area is 197 Å². The van der Waals surface area contributed by atoms with Crippen molar-refractivity contribution in [1.82, 2.24) is 15.8 Å². The van der Waals surface area contributed by atoms with Crippen LogP contribution in [0, 0.1) is 20.8 Å². The number of rotatable bonds is 8. The molecule has 1 aromatic heterocycles. The molecule has 0 aliphatic heterocycles. The lowest BCUT2D eigenvalue weighted by Crippen LogP contribution is -2.37. The molecule has 166 valence electrons. The number of ether oxygens (including phenoxy) is 1. The fourth-order valence-electron chi connectivity index (χ4n) is 3.83. The highest BCUT2D eigenvalue weighted by Crippen LogP contribution is 2.27. The van der Waals surface area contributed by atoms with Gasteiger partial charge in [0, 0.05) is 31.3 Å². The highest BCUT2D eigenvalue weighted by molar-refractivity contribution is 14.0. The van der Waals surface area contributed by atoms with Gasteiger partial charge in [-0.1, -0.05) is 17.3 Å². The molecule has 0 spiro atoms. The van der Waals surface area contributed by atoms with Crippen molar-refractivity contribution in [1.29, 1.82) is 0 Å². The molecular formula is C23H35IN4O2. The Kier molecular flexibility index (Phi) is 9.94. The Bertz CT molecular complexity index is 809. The van der Waals surface area contributed by atoms with Crippen LogP contribution in [0.5, 0.6) is 5.75 Å². The fourth-order valence-corrected chi connectivity index (χ4v) is 3.83. The van der Waals surface area contributed by atoms with Crippen molar-refractivity contribution in [2.75, 3.05) is 13.6 Å². The van der Waals surface area contributed by atoms with Crippen LogP contribution in [0.2, 0.25) is 0 Å². The zero-order valence-corrected chi connectivity index (χ0v) is 20.9. The van der Waals surface area contributed by atoms with E-state index in [0.29, 0.717) is 12.6 Å². The van der Waals surface area contributed by atoms with Crippen LogP contribution in [-0.4, -0.2) is 30.8 Å². The molecule has 0 unspecified atom stereocenters. The van der Waals surface area contributed by atoms with Crippen molar-refractivity contribution in [3.63, 3.8) is 0 Å². The molecule has 2 aromatic rings. The number of halogens is 1. The van der Waals surface area contributed by atoms with Crippen molar-refractivity contribution >= 4 is 29.9 Å². The fraction of sp³-hybridized carbons (Fsp3) is 0.565. The zero-order valence-electron chi connectivity index (χ0n) is 18.6. The van der Waals surface area contributed by atoms with E-state index >= 15 is 0 Å². The van der Waals surface area contributed by atoms with Gasteiger partial charge in [-0.15, -0.1) is 24.0 Å². The van der Waals surface area contributed by atoms with Gasteiger partial charge in [0.1, 0.15) is 11.5 Å². The first-order chi connectivity index (χ1) is 14.1. The second-order valence-electron chi connectivity index (χ2n) is 7.89. The van der Waals surface area contributed by atoms with Gasteiger partial charge in [-0.05, 0) is 70.9 Å². The van der Waals surface area contributed by atoms with E-state index in [2.05, 4.69) is 45.9 Å². The van der Waals surface area contributed by atoms with Crippen LogP contribution in [0.15, 0.2) is 27.7 Å². The summed E-state index contributed by atoms with van der Waals surface area (Å²) in [5, 5.41) is 10.8. The predicted molar refractivity (Wildman–Crippen MR) is 132 cm³/mol. The molecule has 1 aliphatic carbocycles. The lowest BCUT2D eigenvalue weighted by molar-refractivity contribution is 0.207. The summed E-state index contributed by atoms with van der Waals surface area (Å²) in [5.74, 6) is 2.72. The van der Waals surface area contributed by atoms with E-state index in [4.69, 9.17) is 9.26 Å². The quantitative estimate of drug-likeness (QED) is 0.223. The number of aryl methyl sites for hydroxylation is 3. The normalized spacial score (nSPS) is 14.5. The maximum Gasteiger partial charge on any atom is 0.191 e. The lowest BCUT2D eigenvalue weighted by atomic mass is 10.1. The Morgan fingerprint density at radius 2 is 1.97 bits per heavy atom. The number of nitrogens with one attached hydrogen (secondary N) is 2. The van der Waals surface area contributed by atoms with Crippen LogP contribution in [0.25, 0.3) is 0 Å². The predicted octanol–water partition coefficient (Wildman–Crippen LogP) is 4.84. The number of nitrogens with zero attached hydrogens (tertiary/aromatic N) is 2. The number of benzene rings is 1. The van der Waals surface area contributed by atoms with E-state index in [-0.39, 0.29) is 24.0 Å². The first kappa shape index (κ1) is 24.5. The molecule has 3 rings (SSSR count). The Hall–Kier alpha value is -1.77. The minimum absolute atomic E-state index is 0. The molecule has 30 heavy (non-hydrogen) atoms. The number of hydrogen-bond acceptors (Lipinski definition) is 4. The minimum atomic E-state index is 0. The van der Waals surface area contributed by atoms with Crippen LogP contribution in [0.1, 0.15) is 60.2 Å². The lowest BCUT2D eigenvalue weighted by Gasteiger charge is -2.18. The molecule has 7 heteroatoms.